The van der Waals surface area contributed by atoms with Gasteiger partial charge in [-0.1, -0.05) is 32.8 Å². The van der Waals surface area contributed by atoms with E-state index in [0.29, 0.717) is 38.7 Å². The Morgan fingerprint density at radius 3 is 2.43 bits per heavy atom. The molecule has 1 aromatic heterocycles. The fraction of sp³-hybridized carbons (Fsp3) is 0.607. The third-order valence-corrected chi connectivity index (χ3v) is 7.60. The highest BCUT2D eigenvalue weighted by Gasteiger charge is 2.27. The summed E-state index contributed by atoms with van der Waals surface area (Å²) < 4.78 is 5.36. The van der Waals surface area contributed by atoms with E-state index in [-0.39, 0.29) is 17.4 Å². The first-order valence-electron chi connectivity index (χ1n) is 13.8. The van der Waals surface area contributed by atoms with Gasteiger partial charge in [-0.05, 0) is 25.0 Å². The summed E-state index contributed by atoms with van der Waals surface area (Å²) in [7, 11) is 1.69. The van der Waals surface area contributed by atoms with Crippen LogP contribution in [0.1, 0.15) is 45.2 Å². The maximum absolute atomic E-state index is 13.0. The molecule has 0 radical (unpaired) electrons. The Morgan fingerprint density at radius 2 is 1.76 bits per heavy atom. The normalized spacial score (nSPS) is 17.6. The van der Waals surface area contributed by atoms with Crippen molar-refractivity contribution in [3.05, 3.63) is 46.4 Å². The van der Waals surface area contributed by atoms with Crippen molar-refractivity contribution in [2.45, 2.75) is 46.1 Å². The van der Waals surface area contributed by atoms with Crippen LogP contribution in [0.15, 0.2) is 35.1 Å². The standard InChI is InChI=1S/C28H42N6O3/c1-4-6-8-22(5-2)27(36)33-15-17-34(18-16-33)28-29-23(19-26(35)30-28)21-31-11-13-32(14-12-31)24-9-7-10-25(20-24)37-3/h7,9-10,19-20,22H,4-6,8,11-18,21H2,1-3H3,(H,29,30,35)/t22-/m1/s1. The lowest BCUT2D eigenvalue weighted by atomic mass is 9.97. The van der Waals surface area contributed by atoms with Crippen LogP contribution in [-0.2, 0) is 11.3 Å². The number of H-pyrrole nitrogens is 1. The maximum atomic E-state index is 13.0. The number of unbranched alkanes of at least 4 members (excludes halogenated alkanes) is 1. The third kappa shape index (κ3) is 7.03. The van der Waals surface area contributed by atoms with Gasteiger partial charge in [-0.25, -0.2) is 4.98 Å². The molecule has 9 heteroatoms. The van der Waals surface area contributed by atoms with Crippen LogP contribution in [-0.4, -0.2) is 85.1 Å². The van der Waals surface area contributed by atoms with Gasteiger partial charge in [0.05, 0.1) is 12.8 Å². The fourth-order valence-electron chi connectivity index (χ4n) is 5.27. The molecule has 2 fully saturated rings. The van der Waals surface area contributed by atoms with Gasteiger partial charge in [-0.15, -0.1) is 0 Å². The molecule has 1 N–H and O–H groups in total. The zero-order valence-corrected chi connectivity index (χ0v) is 22.6. The highest BCUT2D eigenvalue weighted by Crippen LogP contribution is 2.23. The first kappa shape index (κ1) is 27.0. The monoisotopic (exact) mass is 510 g/mol. The zero-order chi connectivity index (χ0) is 26.2. The quantitative estimate of drug-likeness (QED) is 0.526. The van der Waals surface area contributed by atoms with E-state index in [1.54, 1.807) is 13.2 Å². The molecular formula is C28H42N6O3. The minimum atomic E-state index is -0.126. The smallest absolute Gasteiger partial charge is 0.252 e. The number of anilines is 2. The van der Waals surface area contributed by atoms with Gasteiger partial charge in [0, 0.05) is 82.6 Å². The van der Waals surface area contributed by atoms with Gasteiger partial charge in [0.15, 0.2) is 0 Å². The second-order valence-corrected chi connectivity index (χ2v) is 10.1. The van der Waals surface area contributed by atoms with E-state index in [9.17, 15) is 9.59 Å². The van der Waals surface area contributed by atoms with Crippen molar-refractivity contribution >= 4 is 17.5 Å². The molecule has 2 aliphatic rings. The predicted octanol–water partition coefficient (Wildman–Crippen LogP) is 2.97. The number of carbonyl (C=O) groups excluding carboxylic acids is 1. The number of aromatic amines is 1. The minimum Gasteiger partial charge on any atom is -0.497 e. The lowest BCUT2D eigenvalue weighted by Gasteiger charge is -2.37. The van der Waals surface area contributed by atoms with Crippen molar-refractivity contribution in [3.63, 3.8) is 0 Å². The first-order chi connectivity index (χ1) is 18.0. The van der Waals surface area contributed by atoms with Crippen LogP contribution in [0, 0.1) is 5.92 Å². The Bertz CT molecular complexity index is 1070. The van der Waals surface area contributed by atoms with E-state index in [1.165, 1.54) is 5.69 Å². The Hall–Kier alpha value is -3.07. The van der Waals surface area contributed by atoms with Crippen LogP contribution >= 0.6 is 0 Å². The summed E-state index contributed by atoms with van der Waals surface area (Å²) in [5, 5.41) is 0. The number of aromatic nitrogens is 2. The molecule has 2 saturated heterocycles. The summed E-state index contributed by atoms with van der Waals surface area (Å²) in [6.45, 7) is 11.3. The van der Waals surface area contributed by atoms with Gasteiger partial charge in [-0.3, -0.25) is 19.5 Å². The number of nitrogens with zero attached hydrogens (tertiary/aromatic N) is 5. The summed E-state index contributed by atoms with van der Waals surface area (Å²) in [6, 6.07) is 9.78. The summed E-state index contributed by atoms with van der Waals surface area (Å²) >= 11 is 0. The molecule has 3 heterocycles. The van der Waals surface area contributed by atoms with Gasteiger partial charge in [-0.2, -0.15) is 0 Å². The second-order valence-electron chi connectivity index (χ2n) is 10.1. The molecule has 1 aromatic carbocycles. The first-order valence-corrected chi connectivity index (χ1v) is 13.8. The third-order valence-electron chi connectivity index (χ3n) is 7.60. The molecule has 0 saturated carbocycles. The highest BCUT2D eigenvalue weighted by molar-refractivity contribution is 5.79. The Morgan fingerprint density at radius 1 is 1.03 bits per heavy atom. The van der Waals surface area contributed by atoms with Gasteiger partial charge in [0.1, 0.15) is 5.75 Å². The van der Waals surface area contributed by atoms with Crippen molar-refractivity contribution in [1.29, 1.82) is 0 Å². The molecule has 37 heavy (non-hydrogen) atoms. The maximum Gasteiger partial charge on any atom is 0.252 e. The van der Waals surface area contributed by atoms with Crippen LogP contribution < -0.4 is 20.1 Å². The van der Waals surface area contributed by atoms with Crippen LogP contribution in [0.3, 0.4) is 0 Å². The molecule has 1 atom stereocenters. The number of benzene rings is 1. The molecule has 2 aliphatic heterocycles. The number of ether oxygens (including phenoxy) is 1. The number of hydrogen-bond acceptors (Lipinski definition) is 7. The number of hydrogen-bond donors (Lipinski definition) is 1. The number of nitrogens with one attached hydrogen (secondary N) is 1. The average molecular weight is 511 g/mol. The van der Waals surface area contributed by atoms with Gasteiger partial charge >= 0.3 is 0 Å². The lowest BCUT2D eigenvalue weighted by Crippen LogP contribution is -2.51. The number of carbonyl (C=O) groups is 1. The minimum absolute atomic E-state index is 0.122. The van der Waals surface area contributed by atoms with Crippen molar-refractivity contribution in [1.82, 2.24) is 19.8 Å². The SMILES string of the molecule is CCCC[C@@H](CC)C(=O)N1CCN(c2nc(CN3CCN(c4cccc(OC)c4)CC3)cc(=O)[nH]2)CC1. The molecule has 202 valence electrons. The fourth-order valence-corrected chi connectivity index (χ4v) is 5.27. The van der Waals surface area contributed by atoms with Crippen LogP contribution in [0.4, 0.5) is 11.6 Å². The van der Waals surface area contributed by atoms with E-state index < -0.39 is 0 Å². The number of rotatable bonds is 10. The van der Waals surface area contributed by atoms with Gasteiger partial charge in [0.2, 0.25) is 11.9 Å². The van der Waals surface area contributed by atoms with Crippen LogP contribution in [0.25, 0.3) is 0 Å². The molecule has 4 rings (SSSR count). The molecule has 0 spiro atoms. The largest absolute Gasteiger partial charge is 0.497 e. The molecular weight excluding hydrogens is 468 g/mol. The van der Waals surface area contributed by atoms with Crippen LogP contribution in [0.5, 0.6) is 5.75 Å². The van der Waals surface area contributed by atoms with E-state index >= 15 is 0 Å². The van der Waals surface area contributed by atoms with Crippen molar-refractivity contribution in [2.75, 3.05) is 69.3 Å². The molecule has 0 aliphatic carbocycles. The predicted molar refractivity (Wildman–Crippen MR) is 147 cm³/mol. The summed E-state index contributed by atoms with van der Waals surface area (Å²) in [4.78, 5) is 42.0. The summed E-state index contributed by atoms with van der Waals surface area (Å²) in [5.41, 5.74) is 1.83. The molecule has 1 amide bonds. The Kier molecular flexibility index (Phi) is 9.44. The van der Waals surface area contributed by atoms with Crippen molar-refractivity contribution < 1.29 is 9.53 Å². The molecule has 9 nitrogen and oxygen atoms in total. The molecule has 0 bridgehead atoms. The second kappa shape index (κ2) is 12.9. The average Bonchev–Trinajstić information content (AvgIpc) is 2.93. The summed E-state index contributed by atoms with van der Waals surface area (Å²) in [6.07, 6.45) is 4.07. The lowest BCUT2D eigenvalue weighted by molar-refractivity contribution is -0.136. The Labute approximate surface area is 220 Å². The molecule has 2 aromatic rings. The topological polar surface area (TPSA) is 85.0 Å². The van der Waals surface area contributed by atoms with E-state index in [0.717, 1.165) is 63.3 Å². The highest BCUT2D eigenvalue weighted by atomic mass is 16.5. The van der Waals surface area contributed by atoms with Crippen LogP contribution in [0.2, 0.25) is 0 Å². The van der Waals surface area contributed by atoms with Crippen molar-refractivity contribution in [3.8, 4) is 5.75 Å². The Balaban J connectivity index is 1.31. The van der Waals surface area contributed by atoms with Gasteiger partial charge < -0.3 is 19.4 Å². The van der Waals surface area contributed by atoms with E-state index in [2.05, 4.69) is 45.7 Å². The number of piperazine rings is 2. The number of amides is 1. The van der Waals surface area contributed by atoms with E-state index in [4.69, 9.17) is 9.72 Å². The zero-order valence-electron chi connectivity index (χ0n) is 22.6. The van der Waals surface area contributed by atoms with Crippen molar-refractivity contribution in [2.24, 2.45) is 5.92 Å². The summed E-state index contributed by atoms with van der Waals surface area (Å²) in [5.74, 6) is 1.88. The number of methoxy groups -OCH3 is 1. The van der Waals surface area contributed by atoms with E-state index in [1.807, 2.05) is 17.0 Å². The van der Waals surface area contributed by atoms with Gasteiger partial charge in [0.25, 0.3) is 5.56 Å². The molecule has 0 unspecified atom stereocenters.